The third-order valence-electron chi connectivity index (χ3n) is 13.6. The number of hydrogen-bond acceptors (Lipinski definition) is 2. The fraction of sp³-hybridized carbons (Fsp3) is 0.694. The van der Waals surface area contributed by atoms with Crippen molar-refractivity contribution in [2.24, 2.45) is 46.3 Å². The Morgan fingerprint density at radius 3 is 2.06 bits per heavy atom. The summed E-state index contributed by atoms with van der Waals surface area (Å²) in [5.74, 6) is 4.52. The largest absolute Gasteiger partial charge is 0.478 e. The minimum atomic E-state index is -0.936. The Morgan fingerprint density at radius 1 is 0.769 bits per heavy atom. The van der Waals surface area contributed by atoms with Crippen LogP contribution >= 0.6 is 0 Å². The predicted molar refractivity (Wildman–Crippen MR) is 224 cm³/mol. The fourth-order valence-electron chi connectivity index (χ4n) is 10.7. The summed E-state index contributed by atoms with van der Waals surface area (Å²) in [6.07, 6.45) is 49.9. The summed E-state index contributed by atoms with van der Waals surface area (Å²) >= 11 is 0. The smallest absolute Gasteiger partial charge is 0.328 e. The lowest BCUT2D eigenvalue weighted by Crippen LogP contribution is -2.50. The molecule has 4 aliphatic carbocycles. The highest BCUT2D eigenvalue weighted by Crippen LogP contribution is 2.67. The number of allylic oxidation sites excluding steroid dienone is 12. The second-order valence-corrected chi connectivity index (χ2v) is 17.8. The number of aliphatic carboxylic acids is 1. The van der Waals surface area contributed by atoms with E-state index in [9.17, 15) is 9.90 Å². The van der Waals surface area contributed by atoms with Crippen LogP contribution in [0.5, 0.6) is 0 Å². The number of fused-ring (bicyclic) bond motifs is 5. The molecule has 3 nitrogen and oxygen atoms in total. The van der Waals surface area contributed by atoms with Gasteiger partial charge >= 0.3 is 5.97 Å². The van der Waals surface area contributed by atoms with Gasteiger partial charge in [0.2, 0.25) is 0 Å². The van der Waals surface area contributed by atoms with Crippen LogP contribution in [0.2, 0.25) is 0 Å². The van der Waals surface area contributed by atoms with E-state index in [4.69, 9.17) is 5.11 Å². The van der Waals surface area contributed by atoms with Crippen LogP contribution in [0, 0.1) is 46.3 Å². The first-order valence-corrected chi connectivity index (χ1v) is 21.6. The molecule has 0 aromatic rings. The van der Waals surface area contributed by atoms with Crippen LogP contribution in [0.25, 0.3) is 0 Å². The number of carbonyl (C=O) groups is 1. The monoisotopic (exact) mass is 715 g/mol. The number of hydrogen-bond donors (Lipinski definition) is 2. The Bertz CT molecular complexity index is 1240. The first kappa shape index (κ1) is 44.0. The number of aliphatic hydroxyl groups is 1. The van der Waals surface area contributed by atoms with Gasteiger partial charge in [0.15, 0.2) is 0 Å². The predicted octanol–water partition coefficient (Wildman–Crippen LogP) is 13.9. The number of unbranched alkanes of at least 4 members (excludes halogenated alkanes) is 7. The van der Waals surface area contributed by atoms with Crippen molar-refractivity contribution in [2.45, 2.75) is 170 Å². The Morgan fingerprint density at radius 2 is 1.40 bits per heavy atom. The van der Waals surface area contributed by atoms with Crippen LogP contribution in [0.4, 0.5) is 0 Å². The van der Waals surface area contributed by atoms with Crippen LogP contribution < -0.4 is 0 Å². The van der Waals surface area contributed by atoms with E-state index in [-0.39, 0.29) is 6.10 Å². The van der Waals surface area contributed by atoms with Gasteiger partial charge in [-0.1, -0.05) is 178 Å². The molecular formula is C49H78O3. The van der Waals surface area contributed by atoms with Crippen molar-refractivity contribution < 1.29 is 15.0 Å². The van der Waals surface area contributed by atoms with Gasteiger partial charge in [-0.05, 0) is 111 Å². The SMILES string of the molecule is CC(C)CCC[C@@H](C)[C@H]1CC[C@H]2[C@@H]3CC=C4C[C@@H](O)CC[C@]4(C)[C@H]3CC[C@]12C.CCCCCCCCC/C=C/C=C/C=C/C=C/C=C/C=C/C(=O)O. The standard InChI is InChI=1S/C27H46O.C22H32O2/c1-18(2)7-6-8-19(3)23-11-12-24-22-10-9-20-17-21(28)13-15-26(20,4)25(22)14-16-27(23,24)5;1-2-3-4-5-6-7-8-9-10-11-12-13-14-15-16-17-18-19-20-21-22(23)24/h9,18-19,21-25,28H,6-8,10-17H2,1-5H3;10-21H,2-9H2,1H3,(H,23,24)/b;11-10+,13-12+,15-14+,17-16+,19-18+,21-20+/t19-,21+,22+,23-,24+,25+,26+,27-;/m1./s1. The average Bonchev–Trinajstić information content (AvgIpc) is 3.47. The lowest BCUT2D eigenvalue weighted by atomic mass is 9.47. The number of carboxylic acids is 1. The molecule has 4 rings (SSSR count). The van der Waals surface area contributed by atoms with Crippen molar-refractivity contribution in [3.63, 3.8) is 0 Å². The first-order chi connectivity index (χ1) is 25.0. The summed E-state index contributed by atoms with van der Waals surface area (Å²) in [7, 11) is 0. The number of aliphatic hydroxyl groups excluding tert-OH is 1. The molecule has 52 heavy (non-hydrogen) atoms. The zero-order valence-corrected chi connectivity index (χ0v) is 34.3. The quantitative estimate of drug-likeness (QED) is 0.0606. The Balaban J connectivity index is 0.000000285. The molecule has 292 valence electrons. The maximum atomic E-state index is 10.2. The van der Waals surface area contributed by atoms with Gasteiger partial charge in [-0.15, -0.1) is 0 Å². The first-order valence-electron chi connectivity index (χ1n) is 21.6. The number of rotatable bonds is 19. The molecule has 0 aliphatic heterocycles. The molecule has 3 fully saturated rings. The van der Waals surface area contributed by atoms with Crippen LogP contribution in [-0.4, -0.2) is 22.3 Å². The molecule has 0 radical (unpaired) electrons. The molecule has 3 saturated carbocycles. The third-order valence-corrected chi connectivity index (χ3v) is 13.6. The van der Waals surface area contributed by atoms with E-state index in [1.54, 1.807) is 17.7 Å². The van der Waals surface area contributed by atoms with E-state index in [1.165, 1.54) is 109 Å². The number of carboxylic acid groups (broad SMARTS) is 1. The molecule has 0 bridgehead atoms. The summed E-state index contributed by atoms with van der Waals surface area (Å²) in [5, 5.41) is 18.6. The molecule has 0 amide bonds. The highest BCUT2D eigenvalue weighted by atomic mass is 16.4. The summed E-state index contributed by atoms with van der Waals surface area (Å²) in [6, 6.07) is 0. The highest BCUT2D eigenvalue weighted by molar-refractivity contribution is 5.80. The lowest BCUT2D eigenvalue weighted by Gasteiger charge is -2.58. The van der Waals surface area contributed by atoms with E-state index in [0.717, 1.165) is 60.8 Å². The Hall–Kier alpha value is -2.39. The van der Waals surface area contributed by atoms with Crippen molar-refractivity contribution in [3.05, 3.63) is 84.6 Å². The van der Waals surface area contributed by atoms with Gasteiger partial charge in [-0.3, -0.25) is 0 Å². The molecule has 0 spiro atoms. The molecule has 0 heterocycles. The molecule has 0 unspecified atom stereocenters. The second kappa shape index (κ2) is 23.4. The van der Waals surface area contributed by atoms with Crippen LogP contribution in [0.1, 0.15) is 164 Å². The second-order valence-electron chi connectivity index (χ2n) is 17.8. The zero-order valence-electron chi connectivity index (χ0n) is 34.3. The van der Waals surface area contributed by atoms with Crippen molar-refractivity contribution in [1.82, 2.24) is 0 Å². The molecule has 0 aromatic heterocycles. The van der Waals surface area contributed by atoms with Crippen molar-refractivity contribution in [1.29, 1.82) is 0 Å². The van der Waals surface area contributed by atoms with E-state index < -0.39 is 5.97 Å². The van der Waals surface area contributed by atoms with E-state index >= 15 is 0 Å². The van der Waals surface area contributed by atoms with Crippen LogP contribution in [0.3, 0.4) is 0 Å². The topological polar surface area (TPSA) is 57.5 Å². The Labute approximate surface area is 320 Å². The maximum Gasteiger partial charge on any atom is 0.328 e. The van der Waals surface area contributed by atoms with Crippen molar-refractivity contribution in [2.75, 3.05) is 0 Å². The minimum absolute atomic E-state index is 0.0766. The van der Waals surface area contributed by atoms with Crippen molar-refractivity contribution >= 4 is 5.97 Å². The van der Waals surface area contributed by atoms with Crippen LogP contribution in [-0.2, 0) is 4.79 Å². The van der Waals surface area contributed by atoms with Gasteiger partial charge in [0, 0.05) is 6.08 Å². The molecule has 8 atom stereocenters. The van der Waals surface area contributed by atoms with Crippen LogP contribution in [0.15, 0.2) is 84.6 Å². The van der Waals surface area contributed by atoms with E-state index in [2.05, 4.69) is 59.8 Å². The van der Waals surface area contributed by atoms with Gasteiger partial charge in [0.1, 0.15) is 0 Å². The minimum Gasteiger partial charge on any atom is -0.478 e. The highest BCUT2D eigenvalue weighted by Gasteiger charge is 2.59. The molecule has 4 aliphatic rings. The molecule has 2 N–H and O–H groups in total. The summed E-state index contributed by atoms with van der Waals surface area (Å²) < 4.78 is 0. The molecule has 0 saturated heterocycles. The average molecular weight is 715 g/mol. The zero-order chi connectivity index (χ0) is 37.8. The molecule has 0 aromatic carbocycles. The van der Waals surface area contributed by atoms with Gasteiger partial charge in [-0.2, -0.15) is 0 Å². The molecular weight excluding hydrogens is 637 g/mol. The van der Waals surface area contributed by atoms with Gasteiger partial charge in [0.25, 0.3) is 0 Å². The van der Waals surface area contributed by atoms with E-state index in [1.807, 2.05) is 36.5 Å². The summed E-state index contributed by atoms with van der Waals surface area (Å²) in [5.41, 5.74) is 2.60. The Kier molecular flexibility index (Phi) is 19.8. The maximum absolute atomic E-state index is 10.2. The lowest BCUT2D eigenvalue weighted by molar-refractivity contribution is -0.131. The van der Waals surface area contributed by atoms with Gasteiger partial charge < -0.3 is 10.2 Å². The summed E-state index contributed by atoms with van der Waals surface area (Å²) in [6.45, 7) is 14.8. The van der Waals surface area contributed by atoms with Gasteiger partial charge in [-0.25, -0.2) is 4.79 Å². The van der Waals surface area contributed by atoms with Crippen molar-refractivity contribution in [3.8, 4) is 0 Å². The fourth-order valence-corrected chi connectivity index (χ4v) is 10.7. The third kappa shape index (κ3) is 13.8. The summed E-state index contributed by atoms with van der Waals surface area (Å²) in [4.78, 5) is 10.2. The molecule has 3 heteroatoms. The van der Waals surface area contributed by atoms with E-state index in [0.29, 0.717) is 10.8 Å². The van der Waals surface area contributed by atoms with Gasteiger partial charge in [0.05, 0.1) is 6.10 Å². The normalized spacial score (nSPS) is 31.1.